The van der Waals surface area contributed by atoms with E-state index in [-0.39, 0.29) is 23.6 Å². The zero-order valence-corrected chi connectivity index (χ0v) is 14.7. The van der Waals surface area contributed by atoms with Crippen LogP contribution in [-0.2, 0) is 11.2 Å². The first kappa shape index (κ1) is 17.4. The van der Waals surface area contributed by atoms with Gasteiger partial charge in [-0.25, -0.2) is 4.98 Å². The molecule has 130 valence electrons. The Morgan fingerprint density at radius 1 is 1.36 bits per heavy atom. The number of aromatic nitrogens is 2. The number of nitrogens with zero attached hydrogens (tertiary/aromatic N) is 3. The first-order chi connectivity index (χ1) is 12.0. The average molecular weight is 359 g/mol. The maximum absolute atomic E-state index is 12.2. The summed E-state index contributed by atoms with van der Waals surface area (Å²) >= 11 is 5.98. The van der Waals surface area contributed by atoms with Crippen LogP contribution in [0.5, 0.6) is 0 Å². The Labute approximate surface area is 151 Å². The van der Waals surface area contributed by atoms with Gasteiger partial charge in [-0.15, -0.1) is 0 Å². The van der Waals surface area contributed by atoms with Crippen molar-refractivity contribution in [2.45, 2.75) is 25.8 Å². The third-order valence-corrected chi connectivity index (χ3v) is 4.36. The first-order valence-corrected chi connectivity index (χ1v) is 8.51. The number of halogens is 1. The van der Waals surface area contributed by atoms with E-state index in [4.69, 9.17) is 11.6 Å². The highest BCUT2D eigenvalue weighted by Gasteiger charge is 2.30. The number of benzene rings is 1. The molecule has 1 fully saturated rings. The number of rotatable bonds is 5. The molecular weight excluding hydrogens is 340 g/mol. The second-order valence-corrected chi connectivity index (χ2v) is 6.57. The van der Waals surface area contributed by atoms with Gasteiger partial charge >= 0.3 is 0 Å². The number of hydrogen-bond donors (Lipinski definition) is 1. The Kier molecular flexibility index (Phi) is 5.28. The van der Waals surface area contributed by atoms with E-state index in [1.807, 2.05) is 31.2 Å². The summed E-state index contributed by atoms with van der Waals surface area (Å²) in [7, 11) is 0. The lowest BCUT2D eigenvalue weighted by molar-refractivity contribution is -0.127. The van der Waals surface area contributed by atoms with Crippen molar-refractivity contribution < 1.29 is 9.59 Å². The van der Waals surface area contributed by atoms with Crippen molar-refractivity contribution in [3.8, 4) is 0 Å². The van der Waals surface area contributed by atoms with Gasteiger partial charge in [-0.2, -0.15) is 0 Å². The molecule has 2 aromatic rings. The highest BCUT2D eigenvalue weighted by atomic mass is 35.5. The number of hydrogen-bond acceptors (Lipinski definition) is 4. The molecule has 1 atom stereocenters. The summed E-state index contributed by atoms with van der Waals surface area (Å²) in [6, 6.07) is 7.40. The van der Waals surface area contributed by atoms with Crippen LogP contribution in [0, 0.1) is 6.92 Å². The fourth-order valence-electron chi connectivity index (χ4n) is 2.81. The van der Waals surface area contributed by atoms with Crippen molar-refractivity contribution >= 4 is 23.4 Å². The molecule has 7 heteroatoms. The molecule has 1 aromatic carbocycles. The summed E-state index contributed by atoms with van der Waals surface area (Å²) in [4.78, 5) is 34.2. The van der Waals surface area contributed by atoms with Crippen LogP contribution in [0.2, 0.25) is 5.02 Å². The van der Waals surface area contributed by atoms with E-state index in [1.165, 1.54) is 6.20 Å². The molecule has 0 spiro atoms. The average Bonchev–Trinajstić information content (AvgIpc) is 2.93. The van der Waals surface area contributed by atoms with E-state index in [1.54, 1.807) is 11.1 Å². The lowest BCUT2D eigenvalue weighted by Crippen LogP contribution is -2.38. The predicted octanol–water partition coefficient (Wildman–Crippen LogP) is 2.01. The molecule has 2 amide bonds. The minimum atomic E-state index is -0.304. The maximum atomic E-state index is 12.2. The van der Waals surface area contributed by atoms with E-state index in [9.17, 15) is 9.59 Å². The van der Waals surface area contributed by atoms with Crippen molar-refractivity contribution in [3.63, 3.8) is 0 Å². The van der Waals surface area contributed by atoms with Gasteiger partial charge in [-0.1, -0.05) is 23.7 Å². The molecule has 1 aromatic heterocycles. The highest BCUT2D eigenvalue weighted by molar-refractivity contribution is 6.30. The van der Waals surface area contributed by atoms with Gasteiger partial charge in [-0.3, -0.25) is 14.6 Å². The topological polar surface area (TPSA) is 75.2 Å². The summed E-state index contributed by atoms with van der Waals surface area (Å²) in [5.41, 5.74) is 2.10. The quantitative estimate of drug-likeness (QED) is 0.887. The Morgan fingerprint density at radius 3 is 2.92 bits per heavy atom. The normalized spacial score (nSPS) is 17.0. The van der Waals surface area contributed by atoms with Crippen LogP contribution >= 0.6 is 11.6 Å². The third kappa shape index (κ3) is 4.54. The van der Waals surface area contributed by atoms with Gasteiger partial charge in [0.25, 0.3) is 5.91 Å². The van der Waals surface area contributed by atoms with Gasteiger partial charge in [0.05, 0.1) is 17.9 Å². The number of likely N-dealkylation sites (tertiary alicyclic amines) is 1. The molecule has 1 aliphatic rings. The fraction of sp³-hybridized carbons (Fsp3) is 0.333. The zero-order chi connectivity index (χ0) is 17.8. The number of nitrogens with one attached hydrogen (secondary N) is 1. The van der Waals surface area contributed by atoms with Gasteiger partial charge < -0.3 is 10.2 Å². The third-order valence-electron chi connectivity index (χ3n) is 4.12. The van der Waals surface area contributed by atoms with Crippen molar-refractivity contribution in [2.24, 2.45) is 0 Å². The SMILES string of the molecule is Cc1cnc(C(=O)N[C@@H]2CC(=O)N(CCc3cccc(Cl)c3)C2)cn1. The molecule has 0 bridgehead atoms. The van der Waals surface area contributed by atoms with Crippen molar-refractivity contribution in [1.82, 2.24) is 20.2 Å². The molecule has 3 rings (SSSR count). The van der Waals surface area contributed by atoms with Crippen LogP contribution in [0.3, 0.4) is 0 Å². The number of carbonyl (C=O) groups is 2. The number of carbonyl (C=O) groups excluding carboxylic acids is 2. The van der Waals surface area contributed by atoms with E-state index in [0.29, 0.717) is 24.5 Å². The Hall–Kier alpha value is -2.47. The molecule has 25 heavy (non-hydrogen) atoms. The smallest absolute Gasteiger partial charge is 0.271 e. The van der Waals surface area contributed by atoms with E-state index < -0.39 is 0 Å². The minimum absolute atomic E-state index is 0.0438. The minimum Gasteiger partial charge on any atom is -0.346 e. The summed E-state index contributed by atoms with van der Waals surface area (Å²) in [6.45, 7) is 2.92. The van der Waals surface area contributed by atoms with Crippen LogP contribution in [0.15, 0.2) is 36.7 Å². The second kappa shape index (κ2) is 7.61. The summed E-state index contributed by atoms with van der Waals surface area (Å²) in [5, 5.41) is 3.55. The van der Waals surface area contributed by atoms with Crippen LogP contribution in [0.4, 0.5) is 0 Å². The molecule has 0 saturated carbocycles. The molecule has 1 saturated heterocycles. The molecule has 0 radical (unpaired) electrons. The van der Waals surface area contributed by atoms with E-state index in [2.05, 4.69) is 15.3 Å². The number of aryl methyl sites for hydroxylation is 1. The fourth-order valence-corrected chi connectivity index (χ4v) is 3.02. The summed E-state index contributed by atoms with van der Waals surface area (Å²) in [6.07, 6.45) is 4.03. The molecule has 1 aliphatic heterocycles. The first-order valence-electron chi connectivity index (χ1n) is 8.13. The zero-order valence-electron chi connectivity index (χ0n) is 13.9. The lowest BCUT2D eigenvalue weighted by atomic mass is 10.1. The van der Waals surface area contributed by atoms with Crippen molar-refractivity contribution in [3.05, 3.63) is 58.6 Å². The summed E-state index contributed by atoms with van der Waals surface area (Å²) in [5.74, 6) is -0.260. The van der Waals surface area contributed by atoms with Crippen molar-refractivity contribution in [2.75, 3.05) is 13.1 Å². The summed E-state index contributed by atoms with van der Waals surface area (Å²) < 4.78 is 0. The number of amides is 2. The molecule has 0 aliphatic carbocycles. The second-order valence-electron chi connectivity index (χ2n) is 6.14. The maximum Gasteiger partial charge on any atom is 0.271 e. The van der Waals surface area contributed by atoms with Crippen LogP contribution in [0.25, 0.3) is 0 Å². The van der Waals surface area contributed by atoms with Gasteiger partial charge in [0.2, 0.25) is 5.91 Å². The van der Waals surface area contributed by atoms with Gasteiger partial charge in [0.1, 0.15) is 5.69 Å². The van der Waals surface area contributed by atoms with Crippen LogP contribution in [0.1, 0.15) is 28.2 Å². The molecular formula is C18H19ClN4O2. The Balaban J connectivity index is 1.53. The Morgan fingerprint density at radius 2 is 2.20 bits per heavy atom. The standard InChI is InChI=1S/C18H19ClN4O2/c1-12-9-21-16(10-20-12)18(25)22-15-8-17(24)23(11-15)6-5-13-3-2-4-14(19)7-13/h2-4,7,9-10,15H,5-6,8,11H2,1H3,(H,22,25)/t15-/m1/s1. The largest absolute Gasteiger partial charge is 0.346 e. The Bertz CT molecular complexity index is 779. The molecule has 2 heterocycles. The van der Waals surface area contributed by atoms with Crippen LogP contribution < -0.4 is 5.32 Å². The lowest BCUT2D eigenvalue weighted by Gasteiger charge is -2.17. The van der Waals surface area contributed by atoms with Gasteiger partial charge in [-0.05, 0) is 31.0 Å². The van der Waals surface area contributed by atoms with E-state index in [0.717, 1.165) is 17.7 Å². The highest BCUT2D eigenvalue weighted by Crippen LogP contribution is 2.15. The van der Waals surface area contributed by atoms with Gasteiger partial charge in [0.15, 0.2) is 0 Å². The monoisotopic (exact) mass is 358 g/mol. The molecule has 1 N–H and O–H groups in total. The van der Waals surface area contributed by atoms with Crippen LogP contribution in [-0.4, -0.2) is 45.8 Å². The predicted molar refractivity (Wildman–Crippen MR) is 94.4 cm³/mol. The molecule has 0 unspecified atom stereocenters. The van der Waals surface area contributed by atoms with Gasteiger partial charge in [0, 0.05) is 30.7 Å². The van der Waals surface area contributed by atoms with E-state index >= 15 is 0 Å². The molecule has 6 nitrogen and oxygen atoms in total. The van der Waals surface area contributed by atoms with Crippen molar-refractivity contribution in [1.29, 1.82) is 0 Å².